The van der Waals surface area contributed by atoms with Crippen molar-refractivity contribution >= 4 is 29.5 Å². The van der Waals surface area contributed by atoms with E-state index in [1.807, 2.05) is 0 Å². The average molecular weight is 507 g/mol. The van der Waals surface area contributed by atoms with E-state index in [1.54, 1.807) is 43.3 Å². The number of nitrogens with one attached hydrogen (secondary N) is 1. The summed E-state index contributed by atoms with van der Waals surface area (Å²) in [4.78, 5) is 51.1. The minimum absolute atomic E-state index is 0.00342. The summed E-state index contributed by atoms with van der Waals surface area (Å²) >= 11 is 0. The molecule has 3 rings (SSSR count). The summed E-state index contributed by atoms with van der Waals surface area (Å²) in [5, 5.41) is 12.4. The number of carbonyl (C=O) groups is 4. The lowest BCUT2D eigenvalue weighted by Gasteiger charge is -2.24. The van der Waals surface area contributed by atoms with Crippen LogP contribution in [0, 0.1) is 6.92 Å². The second-order valence-electron chi connectivity index (χ2n) is 7.76. The second-order valence-corrected chi connectivity index (χ2v) is 7.76. The van der Waals surface area contributed by atoms with Crippen molar-refractivity contribution in [3.05, 3.63) is 89.5 Å². The number of carboxylic acid groups (broad SMARTS) is 1. The third-order valence-electron chi connectivity index (χ3n) is 5.26. The van der Waals surface area contributed by atoms with E-state index < -0.39 is 36.0 Å². The van der Waals surface area contributed by atoms with Crippen LogP contribution in [0.2, 0.25) is 0 Å². The van der Waals surface area contributed by atoms with Crippen molar-refractivity contribution in [3.63, 3.8) is 0 Å². The van der Waals surface area contributed by atoms with E-state index in [4.69, 9.17) is 18.9 Å². The highest BCUT2D eigenvalue weighted by Gasteiger charge is 2.41. The standard InChI is InChI=1S/C27H25NO9/c1-16-8-4-5-13-21(16)28-24(29)22(36-26(32)17-9-6-11-19(14-17)34-2)23(25(30)31)37-27(33)18-10-7-12-20(15-18)35-3/h4-15,22-23H,1-3H3,(H,28,29)(H,30,31)/t22-,23-/m1/s1. The molecule has 10 nitrogen and oxygen atoms in total. The maximum absolute atomic E-state index is 13.2. The molecule has 0 heterocycles. The Morgan fingerprint density at radius 1 is 0.730 bits per heavy atom. The van der Waals surface area contributed by atoms with Crippen LogP contribution in [0.4, 0.5) is 5.69 Å². The van der Waals surface area contributed by atoms with Crippen LogP contribution < -0.4 is 14.8 Å². The zero-order valence-electron chi connectivity index (χ0n) is 20.3. The molecule has 3 aromatic carbocycles. The Morgan fingerprint density at radius 2 is 1.24 bits per heavy atom. The summed E-state index contributed by atoms with van der Waals surface area (Å²) in [6, 6.07) is 18.4. The molecular weight excluding hydrogens is 482 g/mol. The van der Waals surface area contributed by atoms with E-state index in [9.17, 15) is 24.3 Å². The van der Waals surface area contributed by atoms with E-state index in [1.165, 1.54) is 50.6 Å². The number of ether oxygens (including phenoxy) is 4. The highest BCUT2D eigenvalue weighted by molar-refractivity contribution is 6.02. The number of rotatable bonds is 10. The predicted molar refractivity (Wildman–Crippen MR) is 132 cm³/mol. The summed E-state index contributed by atoms with van der Waals surface area (Å²) in [6.07, 6.45) is -4.21. The highest BCUT2D eigenvalue weighted by atomic mass is 16.6. The number of carboxylic acids is 1. The van der Waals surface area contributed by atoms with E-state index in [2.05, 4.69) is 5.32 Å². The van der Waals surface area contributed by atoms with Gasteiger partial charge in [-0.1, -0.05) is 30.3 Å². The lowest BCUT2D eigenvalue weighted by molar-refractivity contribution is -0.157. The molecule has 10 heteroatoms. The molecule has 2 N–H and O–H groups in total. The van der Waals surface area contributed by atoms with Crippen LogP contribution in [0.15, 0.2) is 72.8 Å². The van der Waals surface area contributed by atoms with E-state index in [-0.39, 0.29) is 11.1 Å². The van der Waals surface area contributed by atoms with Crippen molar-refractivity contribution in [2.45, 2.75) is 19.1 Å². The van der Waals surface area contributed by atoms with Gasteiger partial charge >= 0.3 is 17.9 Å². The zero-order valence-corrected chi connectivity index (χ0v) is 20.3. The molecule has 0 aliphatic heterocycles. The third kappa shape index (κ3) is 6.85. The van der Waals surface area contributed by atoms with Gasteiger partial charge in [-0.05, 0) is 55.0 Å². The molecule has 0 radical (unpaired) electrons. The summed E-state index contributed by atoms with van der Waals surface area (Å²) in [5.74, 6) is -4.10. The van der Waals surface area contributed by atoms with Crippen molar-refractivity contribution in [3.8, 4) is 11.5 Å². The van der Waals surface area contributed by atoms with Crippen molar-refractivity contribution in [1.29, 1.82) is 0 Å². The molecule has 0 fully saturated rings. The minimum Gasteiger partial charge on any atom is -0.497 e. The molecule has 37 heavy (non-hydrogen) atoms. The fraction of sp³-hybridized carbons (Fsp3) is 0.185. The molecule has 0 aromatic heterocycles. The molecule has 1 amide bonds. The Kier molecular flexibility index (Phi) is 8.82. The van der Waals surface area contributed by atoms with E-state index in [0.29, 0.717) is 22.7 Å². The van der Waals surface area contributed by atoms with Gasteiger partial charge in [-0.3, -0.25) is 4.79 Å². The van der Waals surface area contributed by atoms with Gasteiger partial charge in [-0.25, -0.2) is 14.4 Å². The van der Waals surface area contributed by atoms with Gasteiger partial charge in [0.25, 0.3) is 5.91 Å². The first-order valence-electron chi connectivity index (χ1n) is 11.0. The molecule has 0 aliphatic rings. The molecule has 0 saturated carbocycles. The van der Waals surface area contributed by atoms with Gasteiger partial charge in [-0.15, -0.1) is 0 Å². The average Bonchev–Trinajstić information content (AvgIpc) is 2.91. The van der Waals surface area contributed by atoms with E-state index in [0.717, 1.165) is 0 Å². The number of methoxy groups -OCH3 is 2. The van der Waals surface area contributed by atoms with E-state index >= 15 is 0 Å². The lowest BCUT2D eigenvalue weighted by atomic mass is 10.1. The first kappa shape index (κ1) is 26.7. The van der Waals surface area contributed by atoms with Crippen LogP contribution in [0.3, 0.4) is 0 Å². The number of aliphatic carboxylic acids is 1. The Morgan fingerprint density at radius 3 is 1.73 bits per heavy atom. The maximum Gasteiger partial charge on any atom is 0.349 e. The van der Waals surface area contributed by atoms with Crippen LogP contribution >= 0.6 is 0 Å². The van der Waals surface area contributed by atoms with Crippen molar-refractivity contribution in [1.82, 2.24) is 0 Å². The van der Waals surface area contributed by atoms with Crippen molar-refractivity contribution in [2.24, 2.45) is 0 Å². The van der Waals surface area contributed by atoms with Crippen LogP contribution in [0.5, 0.6) is 11.5 Å². The van der Waals surface area contributed by atoms with Gasteiger partial charge in [0, 0.05) is 5.69 Å². The van der Waals surface area contributed by atoms with Gasteiger partial charge in [0.2, 0.25) is 12.2 Å². The van der Waals surface area contributed by atoms with Gasteiger partial charge in [0.1, 0.15) is 11.5 Å². The Balaban J connectivity index is 1.94. The number of anilines is 1. The summed E-state index contributed by atoms with van der Waals surface area (Å²) in [5.41, 5.74) is 1.01. The topological polar surface area (TPSA) is 137 Å². The number of benzene rings is 3. The smallest absolute Gasteiger partial charge is 0.349 e. The summed E-state index contributed by atoms with van der Waals surface area (Å²) in [6.45, 7) is 1.73. The van der Waals surface area contributed by atoms with Gasteiger partial charge in [0.15, 0.2) is 0 Å². The predicted octanol–water partition coefficient (Wildman–Crippen LogP) is 3.49. The van der Waals surface area contributed by atoms with Gasteiger partial charge in [-0.2, -0.15) is 0 Å². The molecule has 0 bridgehead atoms. The SMILES string of the molecule is COc1cccc(C(=O)O[C@@H](C(=O)O)[C@@H](OC(=O)c2cccc(OC)c2)C(=O)Nc2ccccc2C)c1. The quantitative estimate of drug-likeness (QED) is 0.395. The molecule has 192 valence electrons. The number of aryl methyl sites for hydroxylation is 1. The van der Waals surface area contributed by atoms with Crippen LogP contribution in [-0.2, 0) is 19.1 Å². The Labute approximate surface area is 212 Å². The van der Waals surface area contributed by atoms with Crippen LogP contribution in [0.25, 0.3) is 0 Å². The normalized spacial score (nSPS) is 12.0. The fourth-order valence-electron chi connectivity index (χ4n) is 3.28. The number of hydrogen-bond donors (Lipinski definition) is 2. The minimum atomic E-state index is -2.17. The Hall–Kier alpha value is -4.86. The molecular formula is C27H25NO9. The fourth-order valence-corrected chi connectivity index (χ4v) is 3.28. The molecule has 3 aromatic rings. The van der Waals surface area contributed by atoms with Crippen molar-refractivity contribution < 1.29 is 43.2 Å². The number of para-hydroxylation sites is 1. The molecule has 0 unspecified atom stereocenters. The molecule has 0 aliphatic carbocycles. The number of esters is 2. The maximum atomic E-state index is 13.2. The molecule has 0 saturated heterocycles. The Bertz CT molecular complexity index is 1300. The van der Waals surface area contributed by atoms with Gasteiger partial charge < -0.3 is 29.4 Å². The first-order valence-corrected chi connectivity index (χ1v) is 11.0. The first-order chi connectivity index (χ1) is 17.7. The second kappa shape index (κ2) is 12.2. The molecule has 0 spiro atoms. The third-order valence-corrected chi connectivity index (χ3v) is 5.26. The van der Waals surface area contributed by atoms with Crippen molar-refractivity contribution in [2.75, 3.05) is 19.5 Å². The lowest BCUT2D eigenvalue weighted by Crippen LogP contribution is -2.48. The number of carbonyl (C=O) groups excluding carboxylic acids is 3. The van der Waals surface area contributed by atoms with Gasteiger partial charge in [0.05, 0.1) is 25.3 Å². The summed E-state index contributed by atoms with van der Waals surface area (Å²) in [7, 11) is 2.80. The number of amides is 1. The number of hydrogen-bond acceptors (Lipinski definition) is 8. The largest absolute Gasteiger partial charge is 0.497 e. The van der Waals surface area contributed by atoms with Crippen LogP contribution in [-0.4, -0.2) is 55.3 Å². The zero-order chi connectivity index (χ0) is 26.9. The van der Waals surface area contributed by atoms with Crippen LogP contribution in [0.1, 0.15) is 26.3 Å². The summed E-state index contributed by atoms with van der Waals surface area (Å²) < 4.78 is 20.7. The highest BCUT2D eigenvalue weighted by Crippen LogP contribution is 2.20. The monoisotopic (exact) mass is 507 g/mol. The molecule has 2 atom stereocenters.